The van der Waals surface area contributed by atoms with Gasteiger partial charge >= 0.3 is 0 Å². The summed E-state index contributed by atoms with van der Waals surface area (Å²) in [5.41, 5.74) is 1.36. The smallest absolute Gasteiger partial charge is 0.0223 e. The molecule has 0 spiro atoms. The Morgan fingerprint density at radius 1 is 1.57 bits per heavy atom. The summed E-state index contributed by atoms with van der Waals surface area (Å²) in [7, 11) is 0. The highest BCUT2D eigenvalue weighted by Gasteiger charge is 2.24. The van der Waals surface area contributed by atoms with Gasteiger partial charge in [-0.25, -0.2) is 0 Å². The molecule has 0 radical (unpaired) electrons. The van der Waals surface area contributed by atoms with E-state index < -0.39 is 0 Å². The van der Waals surface area contributed by atoms with Gasteiger partial charge in [0.1, 0.15) is 0 Å². The highest BCUT2D eigenvalue weighted by molar-refractivity contribution is 5.07. The maximum Gasteiger partial charge on any atom is 0.0223 e. The number of hydrogen-bond donors (Lipinski definition) is 2. The normalized spacial score (nSPS) is 18.4. The maximum atomic E-state index is 3.62. The Morgan fingerprint density at radius 2 is 2.43 bits per heavy atom. The van der Waals surface area contributed by atoms with Gasteiger partial charge in [-0.2, -0.15) is 0 Å². The number of rotatable bonds is 6. The van der Waals surface area contributed by atoms with Crippen LogP contribution in [0.25, 0.3) is 0 Å². The van der Waals surface area contributed by atoms with Crippen LogP contribution in [0.1, 0.15) is 38.2 Å². The van der Waals surface area contributed by atoms with Crippen molar-refractivity contribution in [3.63, 3.8) is 0 Å². The molecule has 1 aliphatic carbocycles. The van der Waals surface area contributed by atoms with E-state index in [-0.39, 0.29) is 0 Å². The van der Waals surface area contributed by atoms with E-state index in [2.05, 4.69) is 29.5 Å². The predicted octanol–water partition coefficient (Wildman–Crippen LogP) is 2.68. The summed E-state index contributed by atoms with van der Waals surface area (Å²) in [6.45, 7) is 3.28. The minimum Gasteiger partial charge on any atom is -0.367 e. The molecular formula is C12H20N2. The van der Waals surface area contributed by atoms with Gasteiger partial charge in [0.2, 0.25) is 0 Å². The number of aromatic nitrogens is 1. The molecule has 1 saturated carbocycles. The third-order valence-electron chi connectivity index (χ3n) is 3.06. The van der Waals surface area contributed by atoms with Gasteiger partial charge < -0.3 is 10.3 Å². The van der Waals surface area contributed by atoms with E-state index in [0.29, 0.717) is 0 Å². The lowest BCUT2D eigenvalue weighted by atomic mass is 10.1. The van der Waals surface area contributed by atoms with E-state index in [1.54, 1.807) is 0 Å². The molecule has 2 rings (SSSR count). The van der Waals surface area contributed by atoms with Crippen LogP contribution >= 0.6 is 0 Å². The minimum atomic E-state index is 0.720. The SMILES string of the molecule is CCC(CC1CC1)NCc1cc[nH]c1. The van der Waals surface area contributed by atoms with Crippen molar-refractivity contribution in [1.29, 1.82) is 0 Å². The largest absolute Gasteiger partial charge is 0.367 e. The lowest BCUT2D eigenvalue weighted by molar-refractivity contribution is 0.445. The first-order valence-electron chi connectivity index (χ1n) is 5.73. The molecule has 2 N–H and O–H groups in total. The lowest BCUT2D eigenvalue weighted by Crippen LogP contribution is -2.28. The lowest BCUT2D eigenvalue weighted by Gasteiger charge is -2.15. The second kappa shape index (κ2) is 4.65. The molecule has 1 aromatic rings. The highest BCUT2D eigenvalue weighted by atomic mass is 14.9. The molecule has 0 aliphatic heterocycles. The molecule has 0 bridgehead atoms. The van der Waals surface area contributed by atoms with Crippen molar-refractivity contribution in [1.82, 2.24) is 10.3 Å². The molecule has 78 valence electrons. The average Bonchev–Trinajstić information content (AvgIpc) is 2.86. The highest BCUT2D eigenvalue weighted by Crippen LogP contribution is 2.34. The Balaban J connectivity index is 1.71. The quantitative estimate of drug-likeness (QED) is 0.712. The van der Waals surface area contributed by atoms with Crippen LogP contribution in [-0.4, -0.2) is 11.0 Å². The van der Waals surface area contributed by atoms with E-state index in [1.165, 1.54) is 31.2 Å². The molecule has 1 heterocycles. The third-order valence-corrected chi connectivity index (χ3v) is 3.06. The van der Waals surface area contributed by atoms with E-state index >= 15 is 0 Å². The number of nitrogens with one attached hydrogen (secondary N) is 2. The monoisotopic (exact) mass is 192 g/mol. The molecule has 1 aliphatic rings. The predicted molar refractivity (Wildman–Crippen MR) is 59.1 cm³/mol. The van der Waals surface area contributed by atoms with E-state index in [0.717, 1.165) is 18.5 Å². The van der Waals surface area contributed by atoms with Gasteiger partial charge in [-0.15, -0.1) is 0 Å². The third kappa shape index (κ3) is 2.88. The molecule has 1 atom stereocenters. The molecule has 2 nitrogen and oxygen atoms in total. The fraction of sp³-hybridized carbons (Fsp3) is 0.667. The molecular weight excluding hydrogens is 172 g/mol. The molecule has 2 heteroatoms. The zero-order chi connectivity index (χ0) is 9.80. The van der Waals surface area contributed by atoms with Crippen LogP contribution in [0.2, 0.25) is 0 Å². The molecule has 14 heavy (non-hydrogen) atoms. The summed E-state index contributed by atoms with van der Waals surface area (Å²) in [6, 6.07) is 2.86. The van der Waals surface area contributed by atoms with Gasteiger partial charge in [0.15, 0.2) is 0 Å². The summed E-state index contributed by atoms with van der Waals surface area (Å²) >= 11 is 0. The van der Waals surface area contributed by atoms with Crippen LogP contribution in [0.3, 0.4) is 0 Å². The molecule has 1 unspecified atom stereocenters. The zero-order valence-corrected chi connectivity index (χ0v) is 8.92. The summed E-state index contributed by atoms with van der Waals surface area (Å²) < 4.78 is 0. The first-order chi connectivity index (χ1) is 6.88. The van der Waals surface area contributed by atoms with Gasteiger partial charge in [0.05, 0.1) is 0 Å². The first-order valence-corrected chi connectivity index (χ1v) is 5.73. The van der Waals surface area contributed by atoms with Crippen molar-refractivity contribution in [3.8, 4) is 0 Å². The Hall–Kier alpha value is -0.760. The van der Waals surface area contributed by atoms with Crippen LogP contribution < -0.4 is 5.32 Å². The Morgan fingerprint density at radius 3 is 3.00 bits per heavy atom. The van der Waals surface area contributed by atoms with Gasteiger partial charge in [-0.3, -0.25) is 0 Å². The number of hydrogen-bond acceptors (Lipinski definition) is 1. The topological polar surface area (TPSA) is 27.8 Å². The molecule has 1 fully saturated rings. The minimum absolute atomic E-state index is 0.720. The standard InChI is InChI=1S/C12H20N2/c1-2-12(7-10-3-4-10)14-9-11-5-6-13-8-11/h5-6,8,10,12-14H,2-4,7,9H2,1H3. The van der Waals surface area contributed by atoms with Crippen molar-refractivity contribution in [3.05, 3.63) is 24.0 Å². The summed E-state index contributed by atoms with van der Waals surface area (Å²) in [5.74, 6) is 1.03. The van der Waals surface area contributed by atoms with Crippen LogP contribution in [0.5, 0.6) is 0 Å². The first kappa shape index (κ1) is 9.78. The van der Waals surface area contributed by atoms with Gasteiger partial charge in [-0.1, -0.05) is 19.8 Å². The van der Waals surface area contributed by atoms with Crippen molar-refractivity contribution in [2.45, 2.75) is 45.2 Å². The second-order valence-electron chi connectivity index (χ2n) is 4.38. The van der Waals surface area contributed by atoms with Crippen LogP contribution in [-0.2, 0) is 6.54 Å². The fourth-order valence-corrected chi connectivity index (χ4v) is 1.88. The Kier molecular flexibility index (Phi) is 3.25. The number of aromatic amines is 1. The summed E-state index contributed by atoms with van der Waals surface area (Å²) in [6.07, 6.45) is 9.60. The van der Waals surface area contributed by atoms with E-state index in [4.69, 9.17) is 0 Å². The van der Waals surface area contributed by atoms with Gasteiger partial charge in [-0.05, 0) is 30.4 Å². The second-order valence-corrected chi connectivity index (χ2v) is 4.38. The van der Waals surface area contributed by atoms with Crippen LogP contribution in [0.15, 0.2) is 18.5 Å². The summed E-state index contributed by atoms with van der Waals surface area (Å²) in [4.78, 5) is 3.08. The van der Waals surface area contributed by atoms with Crippen LogP contribution in [0, 0.1) is 5.92 Å². The van der Waals surface area contributed by atoms with Gasteiger partial charge in [0, 0.05) is 25.0 Å². The van der Waals surface area contributed by atoms with E-state index in [9.17, 15) is 0 Å². The van der Waals surface area contributed by atoms with Crippen molar-refractivity contribution < 1.29 is 0 Å². The maximum absolute atomic E-state index is 3.62. The van der Waals surface area contributed by atoms with Crippen molar-refractivity contribution in [2.24, 2.45) is 5.92 Å². The van der Waals surface area contributed by atoms with Crippen LogP contribution in [0.4, 0.5) is 0 Å². The van der Waals surface area contributed by atoms with E-state index in [1.807, 2.05) is 6.20 Å². The molecule has 0 saturated heterocycles. The van der Waals surface area contributed by atoms with Gasteiger partial charge in [0.25, 0.3) is 0 Å². The Bertz CT molecular complexity index is 249. The van der Waals surface area contributed by atoms with Crippen molar-refractivity contribution >= 4 is 0 Å². The molecule has 1 aromatic heterocycles. The summed E-state index contributed by atoms with van der Waals surface area (Å²) in [5, 5.41) is 3.62. The molecule has 0 amide bonds. The van der Waals surface area contributed by atoms with Crippen molar-refractivity contribution in [2.75, 3.05) is 0 Å². The number of H-pyrrole nitrogens is 1. The fourth-order valence-electron chi connectivity index (χ4n) is 1.88. The Labute approximate surface area is 86.1 Å². The average molecular weight is 192 g/mol. The molecule has 0 aromatic carbocycles. The zero-order valence-electron chi connectivity index (χ0n) is 8.92.